The second kappa shape index (κ2) is 8.63. The number of hydrogen-bond donors (Lipinski definition) is 2. The van der Waals surface area contributed by atoms with E-state index in [9.17, 15) is 14.7 Å². The molecule has 0 aliphatic heterocycles. The summed E-state index contributed by atoms with van der Waals surface area (Å²) in [6.45, 7) is 3.91. The number of amides is 2. The van der Waals surface area contributed by atoms with Crippen molar-refractivity contribution in [3.05, 3.63) is 22.4 Å². The predicted molar refractivity (Wildman–Crippen MR) is 83.6 cm³/mol. The molecule has 2 N–H and O–H groups in total. The summed E-state index contributed by atoms with van der Waals surface area (Å²) in [5, 5.41) is 13.7. The Morgan fingerprint density at radius 2 is 2.05 bits per heavy atom. The molecule has 0 fully saturated rings. The molecule has 1 rings (SSSR count). The Bertz CT molecular complexity index is 448. The first kappa shape index (κ1) is 17.5. The maximum atomic E-state index is 12.3. The number of hydrogen-bond acceptors (Lipinski definition) is 4. The van der Waals surface area contributed by atoms with Gasteiger partial charge in [-0.25, -0.2) is 9.59 Å². The summed E-state index contributed by atoms with van der Waals surface area (Å²) in [6, 6.07) is 2.17. The zero-order chi connectivity index (χ0) is 15.8. The van der Waals surface area contributed by atoms with Gasteiger partial charge in [-0.2, -0.15) is 0 Å². The number of carbonyl (C=O) groups is 2. The van der Waals surface area contributed by atoms with Crippen molar-refractivity contribution >= 4 is 23.3 Å². The summed E-state index contributed by atoms with van der Waals surface area (Å²) >= 11 is 1.32. The van der Waals surface area contributed by atoms with Gasteiger partial charge in [0.1, 0.15) is 0 Å². The van der Waals surface area contributed by atoms with Crippen LogP contribution in [0.1, 0.15) is 24.3 Å². The minimum absolute atomic E-state index is 0.334. The van der Waals surface area contributed by atoms with Crippen LogP contribution in [0.4, 0.5) is 4.79 Å². The van der Waals surface area contributed by atoms with Crippen molar-refractivity contribution in [3.8, 4) is 0 Å². The number of aliphatic carboxylic acids is 1. The fraction of sp³-hybridized carbons (Fsp3) is 0.571. The van der Waals surface area contributed by atoms with Crippen LogP contribution in [0.3, 0.4) is 0 Å². The lowest BCUT2D eigenvalue weighted by Gasteiger charge is -2.25. The summed E-state index contributed by atoms with van der Waals surface area (Å²) < 4.78 is 0. The molecular formula is C14H23N3O3S. The van der Waals surface area contributed by atoms with Crippen LogP contribution < -0.4 is 5.32 Å². The van der Waals surface area contributed by atoms with E-state index in [1.807, 2.05) is 25.9 Å². The highest BCUT2D eigenvalue weighted by Gasteiger charge is 2.25. The minimum atomic E-state index is -1.05. The molecule has 0 saturated carbocycles. The molecule has 0 spiro atoms. The van der Waals surface area contributed by atoms with E-state index in [4.69, 9.17) is 0 Å². The molecule has 0 bridgehead atoms. The van der Waals surface area contributed by atoms with E-state index in [1.54, 1.807) is 22.4 Å². The molecule has 2 amide bonds. The monoisotopic (exact) mass is 313 g/mol. The largest absolute Gasteiger partial charge is 0.479 e. The fourth-order valence-corrected chi connectivity index (χ4v) is 2.60. The van der Waals surface area contributed by atoms with Crippen LogP contribution >= 0.6 is 11.3 Å². The molecule has 7 heteroatoms. The van der Waals surface area contributed by atoms with Gasteiger partial charge >= 0.3 is 12.0 Å². The SMILES string of the molecule is CCCN(CCN(C)C)C(=O)NC(C(=O)O)c1cccs1. The molecule has 0 saturated heterocycles. The number of carbonyl (C=O) groups excluding carboxylic acids is 1. The van der Waals surface area contributed by atoms with E-state index in [-0.39, 0.29) is 6.03 Å². The van der Waals surface area contributed by atoms with Crippen LogP contribution in [0, 0.1) is 0 Å². The Kier molecular flexibility index (Phi) is 7.18. The van der Waals surface area contributed by atoms with Crippen molar-refractivity contribution in [2.24, 2.45) is 0 Å². The maximum Gasteiger partial charge on any atom is 0.331 e. The van der Waals surface area contributed by atoms with E-state index in [1.165, 1.54) is 11.3 Å². The Morgan fingerprint density at radius 3 is 2.52 bits per heavy atom. The Balaban J connectivity index is 2.71. The quantitative estimate of drug-likeness (QED) is 0.768. The highest BCUT2D eigenvalue weighted by Crippen LogP contribution is 2.19. The van der Waals surface area contributed by atoms with Gasteiger partial charge in [-0.15, -0.1) is 11.3 Å². The molecule has 6 nitrogen and oxygen atoms in total. The fourth-order valence-electron chi connectivity index (χ4n) is 1.83. The first-order valence-corrected chi connectivity index (χ1v) is 7.80. The van der Waals surface area contributed by atoms with Crippen LogP contribution in [0.2, 0.25) is 0 Å². The van der Waals surface area contributed by atoms with Crippen LogP contribution in [-0.4, -0.2) is 60.6 Å². The van der Waals surface area contributed by atoms with Gasteiger partial charge in [0.05, 0.1) is 0 Å². The van der Waals surface area contributed by atoms with Gasteiger partial charge in [-0.1, -0.05) is 13.0 Å². The lowest BCUT2D eigenvalue weighted by Crippen LogP contribution is -2.46. The molecule has 21 heavy (non-hydrogen) atoms. The van der Waals surface area contributed by atoms with Crippen LogP contribution in [0.5, 0.6) is 0 Å². The van der Waals surface area contributed by atoms with Gasteiger partial charge in [0.25, 0.3) is 0 Å². The first-order valence-electron chi connectivity index (χ1n) is 6.92. The number of thiophene rings is 1. The van der Waals surface area contributed by atoms with Crippen molar-refractivity contribution < 1.29 is 14.7 Å². The van der Waals surface area contributed by atoms with E-state index < -0.39 is 12.0 Å². The van der Waals surface area contributed by atoms with E-state index >= 15 is 0 Å². The van der Waals surface area contributed by atoms with Crippen LogP contribution in [-0.2, 0) is 4.79 Å². The number of urea groups is 1. The molecule has 0 aromatic carbocycles. The van der Waals surface area contributed by atoms with Crippen molar-refractivity contribution in [1.29, 1.82) is 0 Å². The zero-order valence-electron chi connectivity index (χ0n) is 12.7. The number of carboxylic acids is 1. The number of carboxylic acid groups (broad SMARTS) is 1. The average Bonchev–Trinajstić information content (AvgIpc) is 2.93. The summed E-state index contributed by atoms with van der Waals surface area (Å²) in [6.07, 6.45) is 0.831. The Hall–Kier alpha value is -1.60. The van der Waals surface area contributed by atoms with Gasteiger partial charge in [0.15, 0.2) is 6.04 Å². The van der Waals surface area contributed by atoms with Crippen molar-refractivity contribution in [3.63, 3.8) is 0 Å². The number of rotatable bonds is 8. The number of nitrogens with zero attached hydrogens (tertiary/aromatic N) is 2. The molecule has 1 aromatic rings. The van der Waals surface area contributed by atoms with Gasteiger partial charge in [-0.05, 0) is 32.0 Å². The van der Waals surface area contributed by atoms with Gasteiger partial charge < -0.3 is 20.2 Å². The molecule has 0 aliphatic rings. The molecule has 1 aromatic heterocycles. The molecule has 0 aliphatic carbocycles. The summed E-state index contributed by atoms with van der Waals surface area (Å²) in [4.78, 5) is 27.9. The standard InChI is InChI=1S/C14H23N3O3S/c1-4-7-17(9-8-16(2)3)14(20)15-12(13(18)19)11-6-5-10-21-11/h5-6,10,12H,4,7-9H2,1-3H3,(H,15,20)(H,18,19). The summed E-state index contributed by atoms with van der Waals surface area (Å²) in [7, 11) is 3.88. The van der Waals surface area contributed by atoms with Gasteiger partial charge in [0, 0.05) is 24.5 Å². The highest BCUT2D eigenvalue weighted by molar-refractivity contribution is 7.10. The van der Waals surface area contributed by atoms with Gasteiger partial charge in [-0.3, -0.25) is 0 Å². The first-order chi connectivity index (χ1) is 9.95. The Morgan fingerprint density at radius 1 is 1.33 bits per heavy atom. The van der Waals surface area contributed by atoms with E-state index in [0.717, 1.165) is 13.0 Å². The third-order valence-electron chi connectivity index (χ3n) is 2.94. The van der Waals surface area contributed by atoms with Crippen molar-refractivity contribution in [2.75, 3.05) is 33.7 Å². The highest BCUT2D eigenvalue weighted by atomic mass is 32.1. The lowest BCUT2D eigenvalue weighted by molar-refractivity contribution is -0.139. The smallest absolute Gasteiger partial charge is 0.331 e. The molecule has 1 heterocycles. The average molecular weight is 313 g/mol. The van der Waals surface area contributed by atoms with Gasteiger partial charge in [0.2, 0.25) is 0 Å². The topological polar surface area (TPSA) is 72.9 Å². The molecule has 118 valence electrons. The molecule has 0 radical (unpaired) electrons. The molecule has 1 unspecified atom stereocenters. The molecule has 1 atom stereocenters. The van der Waals surface area contributed by atoms with Crippen LogP contribution in [0.15, 0.2) is 17.5 Å². The normalized spacial score (nSPS) is 12.2. The number of nitrogens with one attached hydrogen (secondary N) is 1. The second-order valence-corrected chi connectivity index (χ2v) is 6.01. The van der Waals surface area contributed by atoms with Crippen molar-refractivity contribution in [1.82, 2.24) is 15.1 Å². The van der Waals surface area contributed by atoms with Crippen molar-refractivity contribution in [2.45, 2.75) is 19.4 Å². The van der Waals surface area contributed by atoms with Crippen LogP contribution in [0.25, 0.3) is 0 Å². The maximum absolute atomic E-state index is 12.3. The zero-order valence-corrected chi connectivity index (χ0v) is 13.5. The third kappa shape index (κ3) is 5.73. The van der Waals surface area contributed by atoms with E-state index in [2.05, 4.69) is 5.32 Å². The Labute approximate surface area is 129 Å². The lowest BCUT2D eigenvalue weighted by atomic mass is 10.2. The molecular weight excluding hydrogens is 290 g/mol. The number of likely N-dealkylation sites (N-methyl/N-ethyl adjacent to an activating group) is 1. The summed E-state index contributed by atoms with van der Waals surface area (Å²) in [5.41, 5.74) is 0. The predicted octanol–water partition coefficient (Wildman–Crippen LogP) is 1.86. The minimum Gasteiger partial charge on any atom is -0.479 e. The summed E-state index contributed by atoms with van der Waals surface area (Å²) in [5.74, 6) is -1.05. The second-order valence-electron chi connectivity index (χ2n) is 5.03. The van der Waals surface area contributed by atoms with E-state index in [0.29, 0.717) is 18.0 Å². The third-order valence-corrected chi connectivity index (χ3v) is 3.88.